The minimum absolute atomic E-state index is 0.0555. The first kappa shape index (κ1) is 21.4. The predicted octanol–water partition coefficient (Wildman–Crippen LogP) is 1.37. The van der Waals surface area contributed by atoms with E-state index in [-0.39, 0.29) is 5.91 Å². The van der Waals surface area contributed by atoms with Gasteiger partial charge < -0.3 is 19.9 Å². The lowest BCUT2D eigenvalue weighted by Crippen LogP contribution is -2.46. The van der Waals surface area contributed by atoms with Crippen molar-refractivity contribution < 1.29 is 9.53 Å². The second-order valence-electron chi connectivity index (χ2n) is 8.22. The molecule has 1 aromatic carbocycles. The first-order valence-corrected chi connectivity index (χ1v) is 11.3. The van der Waals surface area contributed by atoms with Crippen LogP contribution in [-0.2, 0) is 4.74 Å². The van der Waals surface area contributed by atoms with Gasteiger partial charge in [0.05, 0.1) is 19.4 Å². The van der Waals surface area contributed by atoms with Gasteiger partial charge in [0, 0.05) is 51.5 Å². The van der Waals surface area contributed by atoms with E-state index in [9.17, 15) is 4.79 Å². The van der Waals surface area contributed by atoms with Crippen molar-refractivity contribution in [3.05, 3.63) is 53.3 Å². The average molecular weight is 449 g/mol. The number of ether oxygens (including phenoxy) is 1. The van der Waals surface area contributed by atoms with E-state index in [4.69, 9.17) is 9.72 Å². The first-order valence-electron chi connectivity index (χ1n) is 11.3. The Bertz CT molecular complexity index is 1160. The normalized spacial score (nSPS) is 17.1. The molecule has 2 fully saturated rings. The van der Waals surface area contributed by atoms with Gasteiger partial charge in [0.25, 0.3) is 5.91 Å². The maximum absolute atomic E-state index is 13.0. The Morgan fingerprint density at radius 1 is 1.15 bits per heavy atom. The summed E-state index contributed by atoms with van der Waals surface area (Å²) in [5, 5.41) is 7.63. The van der Waals surface area contributed by atoms with Gasteiger partial charge in [-0.1, -0.05) is 29.8 Å². The summed E-state index contributed by atoms with van der Waals surface area (Å²) in [6.07, 6.45) is 3.55. The summed E-state index contributed by atoms with van der Waals surface area (Å²) >= 11 is 0. The summed E-state index contributed by atoms with van der Waals surface area (Å²) < 4.78 is 7.39. The largest absolute Gasteiger partial charge is 0.378 e. The number of imidazole rings is 1. The minimum atomic E-state index is -0.0555. The number of hydrogen-bond donors (Lipinski definition) is 2. The van der Waals surface area contributed by atoms with Crippen molar-refractivity contribution in [2.75, 3.05) is 62.8 Å². The van der Waals surface area contributed by atoms with Gasteiger partial charge in [0.2, 0.25) is 5.95 Å². The van der Waals surface area contributed by atoms with E-state index >= 15 is 0 Å². The molecule has 0 saturated carbocycles. The van der Waals surface area contributed by atoms with Gasteiger partial charge in [-0.05, 0) is 12.5 Å². The molecule has 4 heterocycles. The molecular weight excluding hydrogens is 420 g/mol. The van der Waals surface area contributed by atoms with Gasteiger partial charge in [-0.15, -0.1) is 0 Å². The number of hydrogen-bond acceptors (Lipinski definition) is 8. The van der Waals surface area contributed by atoms with Crippen molar-refractivity contribution in [3.8, 4) is 0 Å². The molecule has 1 amide bonds. The van der Waals surface area contributed by atoms with Gasteiger partial charge in [-0.2, -0.15) is 10.1 Å². The van der Waals surface area contributed by atoms with Crippen LogP contribution >= 0.6 is 0 Å². The lowest BCUT2D eigenvalue weighted by atomic mass is 10.2. The molecule has 0 bridgehead atoms. The molecule has 0 aliphatic carbocycles. The number of amides is 1. The Morgan fingerprint density at radius 2 is 1.97 bits per heavy atom. The van der Waals surface area contributed by atoms with Gasteiger partial charge in [0.15, 0.2) is 5.82 Å². The van der Waals surface area contributed by atoms with Crippen molar-refractivity contribution >= 4 is 29.5 Å². The number of benzene rings is 1. The molecule has 10 nitrogen and oxygen atoms in total. The third-order valence-corrected chi connectivity index (χ3v) is 5.79. The van der Waals surface area contributed by atoms with E-state index in [0.717, 1.165) is 37.7 Å². The average Bonchev–Trinajstić information content (AvgIpc) is 3.28. The van der Waals surface area contributed by atoms with E-state index in [2.05, 4.69) is 31.8 Å². The molecule has 2 aliphatic heterocycles. The van der Waals surface area contributed by atoms with Crippen molar-refractivity contribution in [2.45, 2.75) is 6.92 Å². The van der Waals surface area contributed by atoms with Crippen LogP contribution in [0.2, 0.25) is 0 Å². The highest BCUT2D eigenvalue weighted by Gasteiger charge is 2.23. The number of aromatic nitrogens is 3. The molecule has 5 rings (SSSR count). The molecular formula is C23H28N8O2. The van der Waals surface area contributed by atoms with E-state index in [1.807, 2.05) is 40.5 Å². The Labute approximate surface area is 192 Å². The van der Waals surface area contributed by atoms with Crippen LogP contribution in [0.25, 0.3) is 5.65 Å². The third kappa shape index (κ3) is 4.81. The Hall–Kier alpha value is -3.50. The lowest BCUT2D eigenvalue weighted by Gasteiger charge is -2.28. The maximum atomic E-state index is 13.0. The summed E-state index contributed by atoms with van der Waals surface area (Å²) in [6, 6.07) is 9.91. The second kappa shape index (κ2) is 9.55. The number of carbonyl (C=O) groups is 1. The molecule has 0 radical (unpaired) electrons. The van der Waals surface area contributed by atoms with E-state index in [1.54, 1.807) is 12.4 Å². The SMILES string of the molecule is Cc1cccc(/C=N/Nc2cc3nc(C(=O)N4CCNCC4)cn3c(N3CCOCC3)n2)c1. The molecule has 2 saturated heterocycles. The standard InChI is InChI=1S/C23H28N8O2/c1-17-3-2-4-18(13-17)15-25-28-20-14-21-26-19(22(32)29-7-5-24-6-8-29)16-31(21)23(27-20)30-9-11-33-12-10-30/h2-4,13-16,24,28H,5-12H2,1H3/b25-15+. The zero-order chi connectivity index (χ0) is 22.6. The fourth-order valence-corrected chi connectivity index (χ4v) is 4.07. The van der Waals surface area contributed by atoms with Crippen molar-refractivity contribution in [3.63, 3.8) is 0 Å². The Kier molecular flexibility index (Phi) is 6.18. The molecule has 172 valence electrons. The van der Waals surface area contributed by atoms with Crippen LogP contribution in [-0.4, -0.2) is 83.9 Å². The summed E-state index contributed by atoms with van der Waals surface area (Å²) in [5.41, 5.74) is 6.28. The van der Waals surface area contributed by atoms with Crippen LogP contribution in [0.1, 0.15) is 21.6 Å². The number of fused-ring (bicyclic) bond motifs is 1. The number of nitrogens with one attached hydrogen (secondary N) is 2. The Balaban J connectivity index is 1.45. The first-order chi connectivity index (χ1) is 16.2. The predicted molar refractivity (Wildman–Crippen MR) is 127 cm³/mol. The van der Waals surface area contributed by atoms with Crippen LogP contribution in [0.5, 0.6) is 0 Å². The maximum Gasteiger partial charge on any atom is 0.274 e. The zero-order valence-electron chi connectivity index (χ0n) is 18.7. The molecule has 2 aromatic heterocycles. The minimum Gasteiger partial charge on any atom is -0.378 e. The van der Waals surface area contributed by atoms with Crippen LogP contribution in [0.15, 0.2) is 41.6 Å². The number of piperazine rings is 1. The van der Waals surface area contributed by atoms with Gasteiger partial charge >= 0.3 is 0 Å². The molecule has 10 heteroatoms. The van der Waals surface area contributed by atoms with E-state index in [0.29, 0.717) is 43.5 Å². The number of carbonyl (C=O) groups excluding carboxylic acids is 1. The van der Waals surface area contributed by atoms with Crippen LogP contribution < -0.4 is 15.6 Å². The quantitative estimate of drug-likeness (QED) is 0.449. The molecule has 3 aromatic rings. The van der Waals surface area contributed by atoms with Crippen molar-refractivity contribution in [1.29, 1.82) is 0 Å². The number of aryl methyl sites for hydroxylation is 1. The summed E-state index contributed by atoms with van der Waals surface area (Å²) in [4.78, 5) is 26.4. The monoisotopic (exact) mass is 448 g/mol. The number of nitrogens with zero attached hydrogens (tertiary/aromatic N) is 6. The van der Waals surface area contributed by atoms with Crippen LogP contribution in [0.4, 0.5) is 11.8 Å². The third-order valence-electron chi connectivity index (χ3n) is 5.79. The number of anilines is 2. The fraction of sp³-hybridized carbons (Fsp3) is 0.391. The molecule has 2 N–H and O–H groups in total. The summed E-state index contributed by atoms with van der Waals surface area (Å²) in [6.45, 7) is 7.71. The van der Waals surface area contributed by atoms with Gasteiger partial charge in [-0.25, -0.2) is 4.98 Å². The number of morpholine rings is 1. The highest BCUT2D eigenvalue weighted by Crippen LogP contribution is 2.21. The lowest BCUT2D eigenvalue weighted by molar-refractivity contribution is 0.0730. The number of hydrazone groups is 1. The van der Waals surface area contributed by atoms with Crippen molar-refractivity contribution in [2.24, 2.45) is 5.10 Å². The topological polar surface area (TPSA) is 99.4 Å². The molecule has 0 atom stereocenters. The van der Waals surface area contributed by atoms with Gasteiger partial charge in [0.1, 0.15) is 11.3 Å². The second-order valence-corrected chi connectivity index (χ2v) is 8.22. The molecule has 0 unspecified atom stereocenters. The van der Waals surface area contributed by atoms with Crippen LogP contribution in [0, 0.1) is 6.92 Å². The number of rotatable bonds is 5. The highest BCUT2D eigenvalue weighted by molar-refractivity contribution is 5.93. The highest BCUT2D eigenvalue weighted by atomic mass is 16.5. The molecule has 0 spiro atoms. The fourth-order valence-electron chi connectivity index (χ4n) is 4.07. The summed E-state index contributed by atoms with van der Waals surface area (Å²) in [7, 11) is 0. The summed E-state index contributed by atoms with van der Waals surface area (Å²) in [5.74, 6) is 1.23. The van der Waals surface area contributed by atoms with Crippen molar-refractivity contribution in [1.82, 2.24) is 24.6 Å². The van der Waals surface area contributed by atoms with E-state index < -0.39 is 0 Å². The zero-order valence-corrected chi connectivity index (χ0v) is 18.7. The van der Waals surface area contributed by atoms with Crippen LogP contribution in [0.3, 0.4) is 0 Å². The Morgan fingerprint density at radius 3 is 2.76 bits per heavy atom. The van der Waals surface area contributed by atoms with Gasteiger partial charge in [-0.3, -0.25) is 14.6 Å². The smallest absolute Gasteiger partial charge is 0.274 e. The molecule has 2 aliphatic rings. The van der Waals surface area contributed by atoms with E-state index in [1.165, 1.54) is 5.56 Å². The molecule has 33 heavy (non-hydrogen) atoms.